The van der Waals surface area contributed by atoms with Crippen LogP contribution in [0.15, 0.2) is 41.2 Å². The molecular formula is C31H39N11O. The number of oxazole rings is 1. The number of fused-ring (bicyclic) bond motifs is 2. The Morgan fingerprint density at radius 1 is 0.953 bits per heavy atom. The number of rotatable bonds is 8. The van der Waals surface area contributed by atoms with Crippen LogP contribution in [0.2, 0.25) is 0 Å². The van der Waals surface area contributed by atoms with Gasteiger partial charge in [0, 0.05) is 68.3 Å². The number of nitrogens with one attached hydrogen (secondary N) is 1. The van der Waals surface area contributed by atoms with Gasteiger partial charge in [-0.1, -0.05) is 0 Å². The zero-order chi connectivity index (χ0) is 29.5. The highest BCUT2D eigenvalue weighted by Gasteiger charge is 2.27. The lowest BCUT2D eigenvalue weighted by molar-refractivity contribution is 0.352. The number of piperazine rings is 1. The van der Waals surface area contributed by atoms with E-state index in [0.29, 0.717) is 11.1 Å². The fourth-order valence-corrected chi connectivity index (χ4v) is 6.37. The van der Waals surface area contributed by atoms with Crippen molar-refractivity contribution in [3.8, 4) is 11.3 Å². The van der Waals surface area contributed by atoms with Crippen LogP contribution in [-0.4, -0.2) is 87.0 Å². The average molecular weight is 582 g/mol. The second-order valence-electron chi connectivity index (χ2n) is 11.8. The number of likely N-dealkylation sites (tertiary alicyclic amines) is 1. The van der Waals surface area contributed by atoms with Crippen molar-refractivity contribution in [3.05, 3.63) is 42.4 Å². The predicted octanol–water partition coefficient (Wildman–Crippen LogP) is 4.34. The van der Waals surface area contributed by atoms with Crippen LogP contribution in [-0.2, 0) is 0 Å². The third-order valence-corrected chi connectivity index (χ3v) is 8.63. The Morgan fingerprint density at radius 2 is 1.72 bits per heavy atom. The third kappa shape index (κ3) is 5.20. The number of benzene rings is 1. The second kappa shape index (κ2) is 11.3. The molecule has 0 radical (unpaired) electrons. The van der Waals surface area contributed by atoms with E-state index in [1.807, 2.05) is 29.1 Å². The fraction of sp³-hybridized carbons (Fsp3) is 0.452. The molecule has 2 aliphatic heterocycles. The summed E-state index contributed by atoms with van der Waals surface area (Å²) in [5.41, 5.74) is 12.1. The number of pyridine rings is 1. The highest BCUT2D eigenvalue weighted by molar-refractivity contribution is 6.00. The predicted molar refractivity (Wildman–Crippen MR) is 171 cm³/mol. The normalized spacial score (nSPS) is 16.3. The summed E-state index contributed by atoms with van der Waals surface area (Å²) in [5, 5.41) is 9.63. The van der Waals surface area contributed by atoms with Gasteiger partial charge in [-0.3, -0.25) is 0 Å². The van der Waals surface area contributed by atoms with Crippen LogP contribution in [0.25, 0.3) is 33.4 Å². The van der Waals surface area contributed by atoms with Crippen LogP contribution in [0, 0.1) is 6.92 Å². The first kappa shape index (κ1) is 27.4. The molecule has 0 amide bonds. The minimum Gasteiger partial charge on any atom is -0.424 e. The lowest BCUT2D eigenvalue weighted by Crippen LogP contribution is -2.47. The molecule has 0 atom stereocenters. The zero-order valence-corrected chi connectivity index (χ0v) is 25.1. The highest BCUT2D eigenvalue weighted by Crippen LogP contribution is 2.36. The van der Waals surface area contributed by atoms with E-state index in [4.69, 9.17) is 25.2 Å². The summed E-state index contributed by atoms with van der Waals surface area (Å²) in [6.45, 7) is 14.2. The van der Waals surface area contributed by atoms with Crippen LogP contribution in [0.4, 0.5) is 23.3 Å². The van der Waals surface area contributed by atoms with Gasteiger partial charge in [0.15, 0.2) is 11.2 Å². The maximum Gasteiger partial charge on any atom is 0.292 e. The van der Waals surface area contributed by atoms with Gasteiger partial charge >= 0.3 is 0 Å². The number of hydrogen-bond acceptors (Lipinski definition) is 11. The van der Waals surface area contributed by atoms with Crippen LogP contribution in [0.3, 0.4) is 0 Å². The second-order valence-corrected chi connectivity index (χ2v) is 11.8. The number of nitrogen functional groups attached to an aromatic ring is 1. The number of hydrogen-bond donors (Lipinski definition) is 2. The van der Waals surface area contributed by atoms with Crippen molar-refractivity contribution in [2.75, 3.05) is 73.2 Å². The van der Waals surface area contributed by atoms with Gasteiger partial charge in [-0.25, -0.2) is 19.6 Å². The summed E-state index contributed by atoms with van der Waals surface area (Å²) in [7, 11) is 0. The van der Waals surface area contributed by atoms with Crippen LogP contribution >= 0.6 is 0 Å². The van der Waals surface area contributed by atoms with Crippen LogP contribution in [0.5, 0.6) is 0 Å². The first-order valence-electron chi connectivity index (χ1n) is 15.3. The molecule has 12 heteroatoms. The summed E-state index contributed by atoms with van der Waals surface area (Å²) < 4.78 is 7.48. The van der Waals surface area contributed by atoms with Gasteiger partial charge in [0.05, 0.1) is 5.39 Å². The molecular weight excluding hydrogens is 542 g/mol. The molecule has 0 bridgehead atoms. The maximum atomic E-state index is 5.81. The average Bonchev–Trinajstić information content (AvgIpc) is 3.76. The van der Waals surface area contributed by atoms with E-state index in [0.717, 1.165) is 73.2 Å². The van der Waals surface area contributed by atoms with E-state index < -0.39 is 0 Å². The van der Waals surface area contributed by atoms with Crippen LogP contribution in [0.1, 0.15) is 38.3 Å². The molecule has 1 aromatic carbocycles. The van der Waals surface area contributed by atoms with Crippen molar-refractivity contribution in [1.82, 2.24) is 34.6 Å². The number of anilines is 4. The van der Waals surface area contributed by atoms with Gasteiger partial charge in [-0.05, 0) is 71.0 Å². The van der Waals surface area contributed by atoms with E-state index in [1.54, 1.807) is 6.33 Å². The molecule has 2 aliphatic rings. The number of nitrogens with two attached hydrogens (primary N) is 1. The van der Waals surface area contributed by atoms with E-state index in [2.05, 4.69) is 56.8 Å². The third-order valence-electron chi connectivity index (χ3n) is 8.63. The molecule has 2 saturated heterocycles. The van der Waals surface area contributed by atoms with Gasteiger partial charge in [0.25, 0.3) is 6.01 Å². The topological polar surface area (TPSA) is 130 Å². The van der Waals surface area contributed by atoms with Crippen molar-refractivity contribution < 1.29 is 4.42 Å². The smallest absolute Gasteiger partial charge is 0.292 e. The molecule has 0 saturated carbocycles. The van der Waals surface area contributed by atoms with E-state index in [9.17, 15) is 0 Å². The molecule has 6 heterocycles. The molecule has 3 N–H and O–H groups in total. The summed E-state index contributed by atoms with van der Waals surface area (Å²) in [5.74, 6) is 1.94. The summed E-state index contributed by atoms with van der Waals surface area (Å²) in [6.07, 6.45) is 6.21. The van der Waals surface area contributed by atoms with Gasteiger partial charge in [-0.2, -0.15) is 10.1 Å². The molecule has 4 aromatic heterocycles. The van der Waals surface area contributed by atoms with Crippen molar-refractivity contribution in [1.29, 1.82) is 0 Å². The molecule has 0 spiro atoms. The Labute approximate surface area is 250 Å². The summed E-state index contributed by atoms with van der Waals surface area (Å²) in [6, 6.07) is 8.23. The van der Waals surface area contributed by atoms with Crippen LogP contribution < -0.4 is 20.9 Å². The molecule has 43 heavy (non-hydrogen) atoms. The lowest BCUT2D eigenvalue weighted by atomic mass is 10.1. The quantitative estimate of drug-likeness (QED) is 0.271. The summed E-state index contributed by atoms with van der Waals surface area (Å²) in [4.78, 5) is 25.9. The monoisotopic (exact) mass is 581 g/mol. The van der Waals surface area contributed by atoms with E-state index in [1.165, 1.54) is 37.2 Å². The minimum atomic E-state index is 0.132. The summed E-state index contributed by atoms with van der Waals surface area (Å²) >= 11 is 0. The Kier molecular flexibility index (Phi) is 7.21. The highest BCUT2D eigenvalue weighted by atomic mass is 16.4. The molecule has 7 rings (SSSR count). The van der Waals surface area contributed by atoms with Crippen molar-refractivity contribution >= 4 is 45.5 Å². The molecule has 2 fully saturated rings. The molecule has 0 aliphatic carbocycles. The minimum absolute atomic E-state index is 0.132. The standard InChI is InChI=1S/C31H39N11O/c1-20(2)42-30-26(27(38-42)22-6-7-25-24(18-22)37-31(32)43-25)29(35-19-36-30)41-16-14-40(15-17-41)28-21(3)23(8-9-34-28)33-10-13-39-11-4-5-12-39/h6-9,18-20H,4-5,10-17H2,1-3H3,(H2,32,37)(H,33,34). The van der Waals surface area contributed by atoms with Crippen molar-refractivity contribution in [2.24, 2.45) is 0 Å². The lowest BCUT2D eigenvalue weighted by Gasteiger charge is -2.37. The van der Waals surface area contributed by atoms with Crippen molar-refractivity contribution in [2.45, 2.75) is 39.7 Å². The molecule has 0 unspecified atom stereocenters. The Balaban J connectivity index is 1.14. The molecule has 12 nitrogen and oxygen atoms in total. The SMILES string of the molecule is Cc1c(NCCN2CCCC2)ccnc1N1CCN(c2ncnc3c2c(-c2ccc4oc(N)nc4c2)nn3C(C)C)CC1. The Morgan fingerprint density at radius 3 is 2.49 bits per heavy atom. The number of aromatic nitrogens is 6. The first-order valence-corrected chi connectivity index (χ1v) is 15.3. The van der Waals surface area contributed by atoms with Gasteiger partial charge in [0.2, 0.25) is 0 Å². The van der Waals surface area contributed by atoms with Gasteiger partial charge in [-0.15, -0.1) is 0 Å². The first-order chi connectivity index (χ1) is 21.0. The fourth-order valence-electron chi connectivity index (χ4n) is 6.37. The maximum absolute atomic E-state index is 5.81. The van der Waals surface area contributed by atoms with Crippen molar-refractivity contribution in [3.63, 3.8) is 0 Å². The zero-order valence-electron chi connectivity index (χ0n) is 25.1. The number of nitrogens with zero attached hydrogens (tertiary/aromatic N) is 9. The molecule has 224 valence electrons. The largest absolute Gasteiger partial charge is 0.424 e. The Hall–Kier alpha value is -4.45. The van der Waals surface area contributed by atoms with E-state index >= 15 is 0 Å². The molecule has 5 aromatic rings. The van der Waals surface area contributed by atoms with Gasteiger partial charge < -0.3 is 30.2 Å². The van der Waals surface area contributed by atoms with Gasteiger partial charge in [0.1, 0.15) is 29.2 Å². The Bertz CT molecular complexity index is 1750. The van der Waals surface area contributed by atoms with E-state index in [-0.39, 0.29) is 12.1 Å².